The molecule has 2 rings (SSSR count). The van der Waals surface area contributed by atoms with Gasteiger partial charge < -0.3 is 15.1 Å². The second kappa shape index (κ2) is 10.2. The summed E-state index contributed by atoms with van der Waals surface area (Å²) in [6.45, 7) is 12.3. The Hall–Kier alpha value is -0.830. The molecule has 138 valence electrons. The van der Waals surface area contributed by atoms with Crippen LogP contribution >= 0.6 is 24.0 Å². The monoisotopic (exact) mass is 449 g/mol. The van der Waals surface area contributed by atoms with Crippen LogP contribution in [0, 0.1) is 19.8 Å². The molecule has 7 heteroatoms. The van der Waals surface area contributed by atoms with Crippen molar-refractivity contribution in [3.63, 3.8) is 0 Å². The third-order valence-electron chi connectivity index (χ3n) is 4.31. The van der Waals surface area contributed by atoms with Crippen molar-refractivity contribution < 1.29 is 4.42 Å². The molecule has 2 N–H and O–H groups in total. The quantitative estimate of drug-likeness (QED) is 0.397. The van der Waals surface area contributed by atoms with Crippen LogP contribution in [0.15, 0.2) is 9.41 Å². The summed E-state index contributed by atoms with van der Waals surface area (Å²) in [5.74, 6) is 3.09. The highest BCUT2D eigenvalue weighted by Gasteiger charge is 2.24. The summed E-state index contributed by atoms with van der Waals surface area (Å²) < 4.78 is 5.58. The largest absolute Gasteiger partial charge is 0.444 e. The Morgan fingerprint density at radius 1 is 1.38 bits per heavy atom. The molecule has 0 aromatic carbocycles. The minimum absolute atomic E-state index is 0. The van der Waals surface area contributed by atoms with Gasteiger partial charge in [0.2, 0.25) is 5.89 Å². The average Bonchev–Trinajstić information content (AvgIpc) is 3.06. The van der Waals surface area contributed by atoms with Gasteiger partial charge in [0.05, 0.1) is 12.2 Å². The van der Waals surface area contributed by atoms with Crippen molar-refractivity contribution >= 4 is 29.9 Å². The molecule has 1 fully saturated rings. The summed E-state index contributed by atoms with van der Waals surface area (Å²) in [6.07, 6.45) is 2.55. The first-order chi connectivity index (χ1) is 11.0. The number of likely N-dealkylation sites (tertiary alicyclic amines) is 1. The number of hydrogen-bond acceptors (Lipinski definition) is 4. The smallest absolute Gasteiger partial charge is 0.214 e. The lowest BCUT2D eigenvalue weighted by molar-refractivity contribution is 0.226. The molecule has 1 aromatic heterocycles. The fourth-order valence-electron chi connectivity index (χ4n) is 3.04. The van der Waals surface area contributed by atoms with Gasteiger partial charge in [-0.05, 0) is 39.2 Å². The Morgan fingerprint density at radius 2 is 2.12 bits per heavy atom. The lowest BCUT2D eigenvalue weighted by Gasteiger charge is -2.26. The molecule has 0 spiro atoms. The Morgan fingerprint density at radius 3 is 2.71 bits per heavy atom. The van der Waals surface area contributed by atoms with Crippen molar-refractivity contribution in [3.8, 4) is 0 Å². The van der Waals surface area contributed by atoms with Crippen molar-refractivity contribution in [2.75, 3.05) is 26.7 Å². The highest BCUT2D eigenvalue weighted by atomic mass is 127. The number of guanidine groups is 1. The van der Waals surface area contributed by atoms with Crippen LogP contribution in [0.1, 0.15) is 44.0 Å². The van der Waals surface area contributed by atoms with Gasteiger partial charge in [-0.25, -0.2) is 4.98 Å². The molecule has 0 bridgehead atoms. The van der Waals surface area contributed by atoms with Gasteiger partial charge in [0, 0.05) is 26.2 Å². The number of rotatable bonds is 6. The predicted molar refractivity (Wildman–Crippen MR) is 109 cm³/mol. The van der Waals surface area contributed by atoms with E-state index in [0.29, 0.717) is 24.4 Å². The number of aromatic nitrogens is 1. The zero-order chi connectivity index (χ0) is 16.8. The van der Waals surface area contributed by atoms with E-state index in [1.165, 1.54) is 25.9 Å². The molecule has 1 aromatic rings. The highest BCUT2D eigenvalue weighted by molar-refractivity contribution is 14.0. The zero-order valence-corrected chi connectivity index (χ0v) is 17.9. The Balaban J connectivity index is 0.00000288. The number of halogens is 1. The fourth-order valence-corrected chi connectivity index (χ4v) is 3.04. The van der Waals surface area contributed by atoms with Crippen molar-refractivity contribution in [3.05, 3.63) is 17.3 Å². The molecule has 0 aliphatic carbocycles. The van der Waals surface area contributed by atoms with E-state index in [2.05, 4.69) is 39.4 Å². The van der Waals surface area contributed by atoms with Crippen LogP contribution in [-0.2, 0) is 6.54 Å². The van der Waals surface area contributed by atoms with Crippen LogP contribution in [0.2, 0.25) is 0 Å². The van der Waals surface area contributed by atoms with Gasteiger partial charge in [0.25, 0.3) is 0 Å². The van der Waals surface area contributed by atoms with E-state index in [-0.39, 0.29) is 24.0 Å². The normalized spacial score (nSPS) is 18.8. The second-order valence-electron chi connectivity index (χ2n) is 6.74. The number of aliphatic imine (C=N–C) groups is 1. The van der Waals surface area contributed by atoms with Crippen LogP contribution in [0.5, 0.6) is 0 Å². The summed E-state index contributed by atoms with van der Waals surface area (Å²) in [5.41, 5.74) is 0.944. The van der Waals surface area contributed by atoms with E-state index in [9.17, 15) is 0 Å². The molecule has 1 saturated heterocycles. The molecular formula is C17H32IN5O. The van der Waals surface area contributed by atoms with E-state index >= 15 is 0 Å². The molecule has 2 heterocycles. The number of nitrogens with one attached hydrogen (secondary N) is 2. The maximum atomic E-state index is 5.58. The van der Waals surface area contributed by atoms with Crippen LogP contribution in [0.3, 0.4) is 0 Å². The first-order valence-corrected chi connectivity index (χ1v) is 8.61. The SMILES string of the molecule is CN=C(NCc1nc(C)c(C)o1)NC[C@H]1CCCN1CC(C)C.I. The second-order valence-corrected chi connectivity index (χ2v) is 6.74. The molecule has 1 aliphatic heterocycles. The van der Waals surface area contributed by atoms with Gasteiger partial charge in [0.1, 0.15) is 5.76 Å². The number of aryl methyl sites for hydroxylation is 2. The number of oxazole rings is 1. The van der Waals surface area contributed by atoms with Gasteiger partial charge in [0.15, 0.2) is 5.96 Å². The first kappa shape index (κ1) is 21.2. The van der Waals surface area contributed by atoms with Crippen LogP contribution in [0.25, 0.3) is 0 Å². The standard InChI is InChI=1S/C17H31N5O.HI/c1-12(2)11-22-8-6-7-15(22)9-19-17(18-5)20-10-16-21-13(3)14(4)23-16;/h12,15H,6-11H2,1-5H3,(H2,18,19,20);1H/t15-;/m1./s1. The summed E-state index contributed by atoms with van der Waals surface area (Å²) >= 11 is 0. The van der Waals surface area contributed by atoms with Gasteiger partial charge in [-0.2, -0.15) is 0 Å². The summed E-state index contributed by atoms with van der Waals surface area (Å²) in [6, 6.07) is 0.599. The maximum absolute atomic E-state index is 5.58. The van der Waals surface area contributed by atoms with Crippen LogP contribution < -0.4 is 10.6 Å². The highest BCUT2D eigenvalue weighted by Crippen LogP contribution is 2.17. The minimum atomic E-state index is 0. The maximum Gasteiger partial charge on any atom is 0.214 e. The Labute approximate surface area is 162 Å². The fraction of sp³-hybridized carbons (Fsp3) is 0.765. The van der Waals surface area contributed by atoms with Crippen molar-refractivity contribution in [1.29, 1.82) is 0 Å². The molecule has 6 nitrogen and oxygen atoms in total. The zero-order valence-electron chi connectivity index (χ0n) is 15.6. The average molecular weight is 449 g/mol. The van der Waals surface area contributed by atoms with E-state index in [1.54, 1.807) is 7.05 Å². The lowest BCUT2D eigenvalue weighted by atomic mass is 10.1. The molecule has 1 atom stereocenters. The number of hydrogen-bond donors (Lipinski definition) is 2. The van der Waals surface area contributed by atoms with Gasteiger partial charge >= 0.3 is 0 Å². The molecule has 0 saturated carbocycles. The molecular weight excluding hydrogens is 417 g/mol. The van der Waals surface area contributed by atoms with E-state index in [4.69, 9.17) is 4.42 Å². The van der Waals surface area contributed by atoms with Gasteiger partial charge in [-0.3, -0.25) is 9.89 Å². The van der Waals surface area contributed by atoms with Crippen molar-refractivity contribution in [1.82, 2.24) is 20.5 Å². The molecule has 0 unspecified atom stereocenters. The predicted octanol–water partition coefficient (Wildman–Crippen LogP) is 2.69. The van der Waals surface area contributed by atoms with Crippen LogP contribution in [-0.4, -0.2) is 48.6 Å². The molecule has 1 aliphatic rings. The Kier molecular flexibility index (Phi) is 9.04. The molecule has 0 amide bonds. The van der Waals surface area contributed by atoms with E-state index in [0.717, 1.165) is 24.0 Å². The molecule has 0 radical (unpaired) electrons. The van der Waals surface area contributed by atoms with Gasteiger partial charge in [-0.15, -0.1) is 24.0 Å². The van der Waals surface area contributed by atoms with Crippen molar-refractivity contribution in [2.45, 2.75) is 53.1 Å². The Bertz CT molecular complexity index is 510. The van der Waals surface area contributed by atoms with Gasteiger partial charge in [-0.1, -0.05) is 13.8 Å². The van der Waals surface area contributed by atoms with E-state index in [1.807, 2.05) is 13.8 Å². The van der Waals surface area contributed by atoms with Crippen LogP contribution in [0.4, 0.5) is 0 Å². The van der Waals surface area contributed by atoms with E-state index < -0.39 is 0 Å². The minimum Gasteiger partial charge on any atom is -0.444 e. The summed E-state index contributed by atoms with van der Waals surface area (Å²) in [7, 11) is 1.79. The third-order valence-corrected chi connectivity index (χ3v) is 4.31. The number of nitrogens with zero attached hydrogens (tertiary/aromatic N) is 3. The third kappa shape index (κ3) is 6.23. The topological polar surface area (TPSA) is 65.7 Å². The lowest BCUT2D eigenvalue weighted by Crippen LogP contribution is -2.45. The molecule has 24 heavy (non-hydrogen) atoms. The summed E-state index contributed by atoms with van der Waals surface area (Å²) in [4.78, 5) is 11.3. The van der Waals surface area contributed by atoms with Crippen molar-refractivity contribution in [2.24, 2.45) is 10.9 Å². The summed E-state index contributed by atoms with van der Waals surface area (Å²) in [5, 5.41) is 6.70. The first-order valence-electron chi connectivity index (χ1n) is 8.61.